The number of ether oxygens (including phenoxy) is 1. The molecule has 1 unspecified atom stereocenters. The summed E-state index contributed by atoms with van der Waals surface area (Å²) in [6.45, 7) is 5.97. The molecule has 2 heterocycles. The Morgan fingerprint density at radius 1 is 1.38 bits per heavy atom. The fourth-order valence-corrected chi connectivity index (χ4v) is 4.33. The van der Waals surface area contributed by atoms with Crippen molar-refractivity contribution in [2.75, 3.05) is 17.2 Å². The zero-order valence-electron chi connectivity index (χ0n) is 18.6. The molecular formula is C24H29N5O3. The first-order valence-corrected chi connectivity index (χ1v) is 10.8. The Labute approximate surface area is 188 Å². The van der Waals surface area contributed by atoms with Crippen LogP contribution in [-0.4, -0.2) is 46.0 Å². The van der Waals surface area contributed by atoms with Crippen LogP contribution in [0.3, 0.4) is 0 Å². The van der Waals surface area contributed by atoms with Crippen LogP contribution < -0.4 is 16.0 Å². The largest absolute Gasteiger partial charge is 0.444 e. The summed E-state index contributed by atoms with van der Waals surface area (Å²) < 4.78 is 5.41. The molecule has 1 aliphatic carbocycles. The molecule has 1 saturated carbocycles. The summed E-state index contributed by atoms with van der Waals surface area (Å²) in [4.78, 5) is 18.6. The van der Waals surface area contributed by atoms with Gasteiger partial charge in [0.25, 0.3) is 0 Å². The van der Waals surface area contributed by atoms with E-state index in [1.54, 1.807) is 24.5 Å². The van der Waals surface area contributed by atoms with Crippen LogP contribution >= 0.6 is 0 Å². The maximum Gasteiger partial charge on any atom is 0.407 e. The molecule has 0 spiro atoms. The van der Waals surface area contributed by atoms with Crippen molar-refractivity contribution in [3.05, 3.63) is 42.2 Å². The molecule has 168 valence electrons. The average molecular weight is 436 g/mol. The van der Waals surface area contributed by atoms with E-state index < -0.39 is 17.3 Å². The van der Waals surface area contributed by atoms with Gasteiger partial charge in [0.15, 0.2) is 0 Å². The van der Waals surface area contributed by atoms with Gasteiger partial charge in [0.2, 0.25) is 0 Å². The first kappa shape index (κ1) is 21.9. The summed E-state index contributed by atoms with van der Waals surface area (Å²) in [5, 5.41) is 23.4. The van der Waals surface area contributed by atoms with Gasteiger partial charge in [-0.25, -0.2) is 4.79 Å². The van der Waals surface area contributed by atoms with E-state index in [2.05, 4.69) is 21.3 Å². The summed E-state index contributed by atoms with van der Waals surface area (Å²) in [6, 6.07) is 9.12. The number of nitrogens with zero attached hydrogens (tertiary/aromatic N) is 3. The van der Waals surface area contributed by atoms with Gasteiger partial charge in [0.1, 0.15) is 5.60 Å². The highest BCUT2D eigenvalue weighted by atomic mass is 16.6. The fraction of sp³-hybridized carbons (Fsp3) is 0.458. The van der Waals surface area contributed by atoms with E-state index in [9.17, 15) is 15.2 Å². The van der Waals surface area contributed by atoms with Crippen molar-refractivity contribution < 1.29 is 14.6 Å². The Bertz CT molecular complexity index is 1070. The lowest BCUT2D eigenvalue weighted by Crippen LogP contribution is -2.41. The number of alkyl carbamates (subject to hydrolysis) is 1. The quantitative estimate of drug-likeness (QED) is 0.630. The maximum absolute atomic E-state index is 12.3. The van der Waals surface area contributed by atoms with E-state index in [-0.39, 0.29) is 12.1 Å². The van der Waals surface area contributed by atoms with Gasteiger partial charge in [0, 0.05) is 24.5 Å². The third-order valence-corrected chi connectivity index (χ3v) is 6.00. The molecule has 2 aromatic rings. The van der Waals surface area contributed by atoms with Crippen molar-refractivity contribution in [3.63, 3.8) is 0 Å². The molecule has 32 heavy (non-hydrogen) atoms. The number of hydrogen-bond acceptors (Lipinski definition) is 7. The molecule has 2 fully saturated rings. The normalized spacial score (nSPS) is 21.7. The lowest BCUT2D eigenvalue weighted by atomic mass is 10.00. The number of carbonyl (C=O) groups excluding carboxylic acids is 1. The van der Waals surface area contributed by atoms with Gasteiger partial charge < -0.3 is 25.8 Å². The molecule has 1 aromatic heterocycles. The van der Waals surface area contributed by atoms with E-state index in [0.29, 0.717) is 37.1 Å². The molecule has 1 amide bonds. The topological polar surface area (TPSA) is 124 Å². The molecule has 0 radical (unpaired) electrons. The van der Waals surface area contributed by atoms with Crippen LogP contribution in [0.4, 0.5) is 16.2 Å². The number of anilines is 2. The number of amides is 1. The summed E-state index contributed by atoms with van der Waals surface area (Å²) in [6.07, 6.45) is 4.81. The number of nitrogens with two attached hydrogens (primary N) is 1. The second-order valence-electron chi connectivity index (χ2n) is 9.66. The molecule has 4 rings (SSSR count). The lowest BCUT2D eigenvalue weighted by Gasteiger charge is -2.31. The number of nitrogen functional groups attached to an aromatic ring is 1. The second-order valence-corrected chi connectivity index (χ2v) is 9.66. The Morgan fingerprint density at radius 3 is 2.78 bits per heavy atom. The second kappa shape index (κ2) is 7.99. The first-order valence-electron chi connectivity index (χ1n) is 10.8. The maximum atomic E-state index is 12.3. The van der Waals surface area contributed by atoms with E-state index in [0.717, 1.165) is 16.8 Å². The van der Waals surface area contributed by atoms with Crippen molar-refractivity contribution >= 4 is 17.5 Å². The monoisotopic (exact) mass is 435 g/mol. The molecule has 8 nitrogen and oxygen atoms in total. The van der Waals surface area contributed by atoms with Gasteiger partial charge in [-0.1, -0.05) is 6.07 Å². The van der Waals surface area contributed by atoms with Gasteiger partial charge >= 0.3 is 6.09 Å². The molecule has 1 saturated heterocycles. The van der Waals surface area contributed by atoms with Gasteiger partial charge in [0.05, 0.1) is 40.7 Å². The number of aliphatic hydroxyl groups is 1. The third-order valence-electron chi connectivity index (χ3n) is 6.00. The molecule has 8 heteroatoms. The highest BCUT2D eigenvalue weighted by molar-refractivity contribution is 5.80. The Kier molecular flexibility index (Phi) is 5.47. The zero-order chi connectivity index (χ0) is 23.1. The van der Waals surface area contributed by atoms with Crippen molar-refractivity contribution in [2.45, 2.75) is 63.3 Å². The molecular weight excluding hydrogens is 406 g/mol. The first-order chi connectivity index (χ1) is 15.1. The third kappa shape index (κ3) is 4.48. The number of hydrogen-bond donors (Lipinski definition) is 3. The molecule has 1 aromatic carbocycles. The highest BCUT2D eigenvalue weighted by Crippen LogP contribution is 2.47. The van der Waals surface area contributed by atoms with Crippen LogP contribution in [0.15, 0.2) is 36.7 Å². The van der Waals surface area contributed by atoms with Crippen LogP contribution in [0.5, 0.6) is 0 Å². The fourth-order valence-electron chi connectivity index (χ4n) is 4.33. The standard InChI is InChI=1S/C24H29N5O3/c1-23(2,3)32-22(30)28-17-11-21(24(31)7-8-24)29(14-17)20-10-15(4-5-19(20)26)18-13-27-9-6-16(18)12-25/h4-6,9-10,13,17,21,31H,7-8,11,14,26H2,1-3H3,(H,28,30)/t17?,21-/m0/s1. The lowest BCUT2D eigenvalue weighted by molar-refractivity contribution is 0.0503. The number of carbonyl (C=O) groups is 1. The highest BCUT2D eigenvalue weighted by Gasteiger charge is 2.54. The van der Waals surface area contributed by atoms with Crippen molar-refractivity contribution in [2.24, 2.45) is 0 Å². The Hall–Kier alpha value is -3.31. The number of nitriles is 1. The van der Waals surface area contributed by atoms with Crippen molar-refractivity contribution in [3.8, 4) is 17.2 Å². The molecule has 2 aliphatic rings. The van der Waals surface area contributed by atoms with Crippen LogP contribution in [0.2, 0.25) is 0 Å². The van der Waals surface area contributed by atoms with Gasteiger partial charge in [-0.3, -0.25) is 4.98 Å². The summed E-state index contributed by atoms with van der Waals surface area (Å²) in [5.74, 6) is 0. The minimum atomic E-state index is -0.793. The van der Waals surface area contributed by atoms with E-state index in [1.807, 2.05) is 32.9 Å². The molecule has 2 atom stereocenters. The van der Waals surface area contributed by atoms with Gasteiger partial charge in [-0.15, -0.1) is 0 Å². The molecule has 1 aliphatic heterocycles. The predicted octanol–water partition coefficient (Wildman–Crippen LogP) is 3.20. The number of benzene rings is 1. The number of rotatable bonds is 4. The SMILES string of the molecule is CC(C)(C)OC(=O)NC1C[C@@H](C2(O)CC2)N(c2cc(-c3cnccc3C#N)ccc2N)C1. The number of nitrogens with one attached hydrogen (secondary N) is 1. The van der Waals surface area contributed by atoms with Crippen molar-refractivity contribution in [1.82, 2.24) is 10.3 Å². The molecule has 0 bridgehead atoms. The number of aromatic nitrogens is 1. The number of pyridine rings is 1. The van der Waals surface area contributed by atoms with E-state index >= 15 is 0 Å². The van der Waals surface area contributed by atoms with Gasteiger partial charge in [-0.2, -0.15) is 5.26 Å². The minimum absolute atomic E-state index is 0.177. The van der Waals surface area contributed by atoms with Gasteiger partial charge in [-0.05, 0) is 63.8 Å². The van der Waals surface area contributed by atoms with E-state index in [1.165, 1.54) is 0 Å². The summed E-state index contributed by atoms with van der Waals surface area (Å²) in [7, 11) is 0. The Morgan fingerprint density at radius 2 is 2.12 bits per heavy atom. The van der Waals surface area contributed by atoms with Crippen LogP contribution in [0.1, 0.15) is 45.6 Å². The molecule has 4 N–H and O–H groups in total. The van der Waals surface area contributed by atoms with Crippen molar-refractivity contribution in [1.29, 1.82) is 5.26 Å². The van der Waals surface area contributed by atoms with Crippen LogP contribution in [0.25, 0.3) is 11.1 Å². The summed E-state index contributed by atoms with van der Waals surface area (Å²) >= 11 is 0. The van der Waals surface area contributed by atoms with Crippen LogP contribution in [0, 0.1) is 11.3 Å². The minimum Gasteiger partial charge on any atom is -0.444 e. The Balaban J connectivity index is 1.64. The zero-order valence-corrected chi connectivity index (χ0v) is 18.6. The smallest absolute Gasteiger partial charge is 0.407 e. The predicted molar refractivity (Wildman–Crippen MR) is 122 cm³/mol. The summed E-state index contributed by atoms with van der Waals surface area (Å²) in [5.41, 5.74) is 8.40. The van der Waals surface area contributed by atoms with E-state index in [4.69, 9.17) is 10.5 Å². The van der Waals surface area contributed by atoms with Crippen LogP contribution in [-0.2, 0) is 4.74 Å². The average Bonchev–Trinajstić information content (AvgIpc) is 3.33.